The van der Waals surface area contributed by atoms with E-state index in [0.717, 1.165) is 11.4 Å². The van der Waals surface area contributed by atoms with Crippen LogP contribution in [0.2, 0.25) is 0 Å². The molecule has 2 aromatic heterocycles. The SMILES string of the molecule is CC(C)n1cc(NCc2csnn2)cn1. The number of anilines is 1. The maximum Gasteiger partial charge on any atom is 0.0946 e. The molecule has 0 atom stereocenters. The van der Waals surface area contributed by atoms with Crippen molar-refractivity contribution in [2.45, 2.75) is 26.4 Å². The van der Waals surface area contributed by atoms with Crippen LogP contribution in [0.25, 0.3) is 0 Å². The highest BCUT2D eigenvalue weighted by Gasteiger charge is 2.01. The number of hydrogen-bond donors (Lipinski definition) is 1. The largest absolute Gasteiger partial charge is 0.377 e. The van der Waals surface area contributed by atoms with Crippen molar-refractivity contribution in [3.8, 4) is 0 Å². The Morgan fingerprint density at radius 3 is 3.00 bits per heavy atom. The van der Waals surface area contributed by atoms with Gasteiger partial charge >= 0.3 is 0 Å². The zero-order valence-corrected chi connectivity index (χ0v) is 9.53. The molecule has 0 aliphatic rings. The molecule has 2 rings (SSSR count). The fraction of sp³-hybridized carbons (Fsp3) is 0.444. The van der Waals surface area contributed by atoms with E-state index in [1.165, 1.54) is 11.5 Å². The van der Waals surface area contributed by atoms with Crippen molar-refractivity contribution < 1.29 is 0 Å². The van der Waals surface area contributed by atoms with E-state index in [0.29, 0.717) is 12.6 Å². The second-order valence-corrected chi connectivity index (χ2v) is 4.16. The Kier molecular flexibility index (Phi) is 2.96. The van der Waals surface area contributed by atoms with Gasteiger partial charge in [-0.2, -0.15) is 5.10 Å². The van der Waals surface area contributed by atoms with E-state index in [-0.39, 0.29) is 0 Å². The predicted molar refractivity (Wildman–Crippen MR) is 59.8 cm³/mol. The Morgan fingerprint density at radius 1 is 1.53 bits per heavy atom. The molecule has 0 bridgehead atoms. The Morgan fingerprint density at radius 2 is 2.40 bits per heavy atom. The van der Waals surface area contributed by atoms with Crippen LogP contribution in [0.5, 0.6) is 0 Å². The molecule has 0 aliphatic heterocycles. The normalized spacial score (nSPS) is 10.9. The maximum absolute atomic E-state index is 4.24. The van der Waals surface area contributed by atoms with Gasteiger partial charge in [0.05, 0.1) is 24.1 Å². The summed E-state index contributed by atoms with van der Waals surface area (Å²) in [5.41, 5.74) is 1.97. The first-order valence-corrected chi connectivity index (χ1v) is 5.63. The third-order valence-electron chi connectivity index (χ3n) is 2.01. The van der Waals surface area contributed by atoms with Gasteiger partial charge in [0.2, 0.25) is 0 Å². The van der Waals surface area contributed by atoms with Gasteiger partial charge in [0.1, 0.15) is 0 Å². The predicted octanol–water partition coefficient (Wildman–Crippen LogP) is 1.93. The van der Waals surface area contributed by atoms with Crippen molar-refractivity contribution in [3.63, 3.8) is 0 Å². The highest BCUT2D eigenvalue weighted by Crippen LogP contribution is 2.10. The summed E-state index contributed by atoms with van der Waals surface area (Å²) in [7, 11) is 0. The Bertz CT molecular complexity index is 406. The highest BCUT2D eigenvalue weighted by atomic mass is 32.1. The number of rotatable bonds is 4. The zero-order valence-electron chi connectivity index (χ0n) is 8.71. The zero-order chi connectivity index (χ0) is 10.7. The molecular weight excluding hydrogens is 210 g/mol. The Labute approximate surface area is 92.3 Å². The van der Waals surface area contributed by atoms with Crippen LogP contribution in [-0.2, 0) is 6.54 Å². The molecule has 2 aromatic rings. The fourth-order valence-electron chi connectivity index (χ4n) is 1.17. The molecule has 0 radical (unpaired) electrons. The summed E-state index contributed by atoms with van der Waals surface area (Å²) in [5.74, 6) is 0. The molecule has 0 saturated heterocycles. The van der Waals surface area contributed by atoms with Crippen LogP contribution in [0.3, 0.4) is 0 Å². The number of nitrogens with one attached hydrogen (secondary N) is 1. The van der Waals surface area contributed by atoms with E-state index in [1.54, 1.807) is 0 Å². The lowest BCUT2D eigenvalue weighted by molar-refractivity contribution is 0.532. The van der Waals surface area contributed by atoms with Crippen LogP contribution >= 0.6 is 11.5 Å². The van der Waals surface area contributed by atoms with Gasteiger partial charge in [-0.3, -0.25) is 4.68 Å². The van der Waals surface area contributed by atoms with Crippen LogP contribution in [0.1, 0.15) is 25.6 Å². The van der Waals surface area contributed by atoms with Gasteiger partial charge in [0.15, 0.2) is 0 Å². The van der Waals surface area contributed by atoms with Crippen LogP contribution < -0.4 is 5.32 Å². The monoisotopic (exact) mass is 223 g/mol. The standard InChI is InChI=1S/C9H13N5S/c1-7(2)14-5-8(4-11-14)10-3-9-6-15-13-12-9/h4-7,10H,3H2,1-2H3. The molecule has 15 heavy (non-hydrogen) atoms. The molecule has 0 fully saturated rings. The molecule has 6 heteroatoms. The van der Waals surface area contributed by atoms with E-state index < -0.39 is 0 Å². The fourth-order valence-corrected chi connectivity index (χ4v) is 1.62. The quantitative estimate of drug-likeness (QED) is 0.860. The lowest BCUT2D eigenvalue weighted by atomic mass is 10.4. The summed E-state index contributed by atoms with van der Waals surface area (Å²) in [5, 5.41) is 13.4. The lowest BCUT2D eigenvalue weighted by Crippen LogP contribution is -2.01. The third kappa shape index (κ3) is 2.53. The summed E-state index contributed by atoms with van der Waals surface area (Å²) < 4.78 is 5.72. The molecule has 1 N–H and O–H groups in total. The molecule has 5 nitrogen and oxygen atoms in total. The smallest absolute Gasteiger partial charge is 0.0946 e. The van der Waals surface area contributed by atoms with Crippen molar-refractivity contribution in [3.05, 3.63) is 23.5 Å². The van der Waals surface area contributed by atoms with Gasteiger partial charge in [-0.25, -0.2) is 0 Å². The minimum absolute atomic E-state index is 0.390. The summed E-state index contributed by atoms with van der Waals surface area (Å²) in [6.45, 7) is 4.89. The van der Waals surface area contributed by atoms with Crippen LogP contribution in [0, 0.1) is 0 Å². The molecule has 0 amide bonds. The van der Waals surface area contributed by atoms with Crippen molar-refractivity contribution in [2.75, 3.05) is 5.32 Å². The highest BCUT2D eigenvalue weighted by molar-refractivity contribution is 7.03. The van der Waals surface area contributed by atoms with E-state index in [2.05, 4.69) is 33.8 Å². The van der Waals surface area contributed by atoms with Gasteiger partial charge in [0, 0.05) is 17.6 Å². The van der Waals surface area contributed by atoms with Gasteiger partial charge in [-0.1, -0.05) is 4.49 Å². The molecule has 80 valence electrons. The van der Waals surface area contributed by atoms with E-state index in [9.17, 15) is 0 Å². The van der Waals surface area contributed by atoms with Crippen LogP contribution in [0.15, 0.2) is 17.8 Å². The topological polar surface area (TPSA) is 55.6 Å². The minimum atomic E-state index is 0.390. The van der Waals surface area contributed by atoms with E-state index in [4.69, 9.17) is 0 Å². The van der Waals surface area contributed by atoms with Gasteiger partial charge in [-0.05, 0) is 25.4 Å². The average molecular weight is 223 g/mol. The molecule has 0 saturated carbocycles. The number of aromatic nitrogens is 4. The van der Waals surface area contributed by atoms with Crippen molar-refractivity contribution in [1.29, 1.82) is 0 Å². The summed E-state index contributed by atoms with van der Waals surface area (Å²) in [4.78, 5) is 0. The first kappa shape index (κ1) is 10.1. The molecular formula is C9H13N5S. The molecule has 0 aliphatic carbocycles. The van der Waals surface area contributed by atoms with E-state index in [1.807, 2.05) is 22.5 Å². The Balaban J connectivity index is 1.94. The second kappa shape index (κ2) is 4.39. The van der Waals surface area contributed by atoms with Crippen molar-refractivity contribution in [2.24, 2.45) is 0 Å². The van der Waals surface area contributed by atoms with Gasteiger partial charge in [0.25, 0.3) is 0 Å². The third-order valence-corrected chi connectivity index (χ3v) is 2.56. The van der Waals surface area contributed by atoms with Crippen LogP contribution in [-0.4, -0.2) is 19.4 Å². The molecule has 0 unspecified atom stereocenters. The van der Waals surface area contributed by atoms with Gasteiger partial charge in [-0.15, -0.1) is 5.10 Å². The molecule has 0 aromatic carbocycles. The first-order chi connectivity index (χ1) is 7.25. The van der Waals surface area contributed by atoms with E-state index >= 15 is 0 Å². The minimum Gasteiger partial charge on any atom is -0.377 e. The lowest BCUT2D eigenvalue weighted by Gasteiger charge is -2.03. The molecule has 2 heterocycles. The Hall–Kier alpha value is -1.43. The number of nitrogens with zero attached hydrogens (tertiary/aromatic N) is 4. The average Bonchev–Trinajstić information content (AvgIpc) is 2.86. The van der Waals surface area contributed by atoms with Crippen molar-refractivity contribution >= 4 is 17.2 Å². The first-order valence-electron chi connectivity index (χ1n) is 4.79. The van der Waals surface area contributed by atoms with Crippen molar-refractivity contribution in [1.82, 2.24) is 19.4 Å². The second-order valence-electron chi connectivity index (χ2n) is 3.55. The number of hydrogen-bond acceptors (Lipinski definition) is 5. The van der Waals surface area contributed by atoms with Crippen LogP contribution in [0.4, 0.5) is 5.69 Å². The van der Waals surface area contributed by atoms with Gasteiger partial charge < -0.3 is 5.32 Å². The molecule has 0 spiro atoms. The summed E-state index contributed by atoms with van der Waals surface area (Å²) in [6, 6.07) is 0.390. The maximum atomic E-state index is 4.24. The summed E-state index contributed by atoms with van der Waals surface area (Å²) >= 11 is 1.36. The summed E-state index contributed by atoms with van der Waals surface area (Å²) in [6.07, 6.45) is 3.81.